The molecule has 0 atom stereocenters. The SMILES string of the molecule is O=[N+]([O-])c1ccc(Oc2c(F)cc(C(F)(F)F)cc2F)cc1. The Kier molecular flexibility index (Phi) is 3.98. The largest absolute Gasteiger partial charge is 0.451 e. The number of nitro groups is 1. The molecular weight excluding hydrogens is 313 g/mol. The van der Waals surface area contributed by atoms with Gasteiger partial charge in [0.2, 0.25) is 0 Å². The van der Waals surface area contributed by atoms with Gasteiger partial charge in [-0.2, -0.15) is 13.2 Å². The van der Waals surface area contributed by atoms with Crippen LogP contribution in [0.1, 0.15) is 5.56 Å². The Morgan fingerprint density at radius 3 is 1.91 bits per heavy atom. The fourth-order valence-corrected chi connectivity index (χ4v) is 1.57. The zero-order chi connectivity index (χ0) is 16.5. The molecule has 0 aromatic heterocycles. The van der Waals surface area contributed by atoms with Crippen LogP contribution in [0.15, 0.2) is 36.4 Å². The van der Waals surface area contributed by atoms with E-state index in [9.17, 15) is 32.1 Å². The van der Waals surface area contributed by atoms with E-state index in [1.165, 1.54) is 0 Å². The predicted molar refractivity (Wildman–Crippen MR) is 64.5 cm³/mol. The summed E-state index contributed by atoms with van der Waals surface area (Å²) in [6.07, 6.45) is -4.90. The van der Waals surface area contributed by atoms with Crippen molar-refractivity contribution < 1.29 is 31.6 Å². The van der Waals surface area contributed by atoms with Crippen LogP contribution in [-0.2, 0) is 6.18 Å². The molecule has 116 valence electrons. The second-order valence-electron chi connectivity index (χ2n) is 4.12. The Hall–Kier alpha value is -2.71. The number of hydrogen-bond donors (Lipinski definition) is 0. The number of benzene rings is 2. The molecule has 22 heavy (non-hydrogen) atoms. The van der Waals surface area contributed by atoms with E-state index in [-0.39, 0.29) is 23.6 Å². The number of non-ortho nitro benzene ring substituents is 1. The Morgan fingerprint density at radius 2 is 1.50 bits per heavy atom. The molecule has 0 aliphatic carbocycles. The zero-order valence-corrected chi connectivity index (χ0v) is 10.5. The molecule has 2 rings (SSSR count). The minimum Gasteiger partial charge on any atom is -0.451 e. The van der Waals surface area contributed by atoms with Crippen molar-refractivity contribution in [2.45, 2.75) is 6.18 Å². The smallest absolute Gasteiger partial charge is 0.416 e. The lowest BCUT2D eigenvalue weighted by Crippen LogP contribution is -2.07. The summed E-state index contributed by atoms with van der Waals surface area (Å²) in [5, 5.41) is 10.4. The number of halogens is 5. The maximum absolute atomic E-state index is 13.6. The van der Waals surface area contributed by atoms with Crippen molar-refractivity contribution in [1.29, 1.82) is 0 Å². The summed E-state index contributed by atoms with van der Waals surface area (Å²) in [5.41, 5.74) is -1.76. The monoisotopic (exact) mass is 319 g/mol. The summed E-state index contributed by atoms with van der Waals surface area (Å²) in [6, 6.07) is 4.38. The molecule has 0 fully saturated rings. The van der Waals surface area contributed by atoms with E-state index in [1.807, 2.05) is 0 Å². The van der Waals surface area contributed by atoms with E-state index in [1.54, 1.807) is 0 Å². The lowest BCUT2D eigenvalue weighted by Gasteiger charge is -2.11. The number of hydrogen-bond acceptors (Lipinski definition) is 3. The highest BCUT2D eigenvalue weighted by Crippen LogP contribution is 2.35. The first-order chi connectivity index (χ1) is 10.2. The summed E-state index contributed by atoms with van der Waals surface area (Å²) >= 11 is 0. The molecule has 0 unspecified atom stereocenters. The molecule has 0 spiro atoms. The number of alkyl halides is 3. The molecule has 9 heteroatoms. The second kappa shape index (κ2) is 5.58. The van der Waals surface area contributed by atoms with Gasteiger partial charge in [0.15, 0.2) is 17.4 Å². The molecule has 0 saturated heterocycles. The van der Waals surface area contributed by atoms with Crippen LogP contribution in [0.25, 0.3) is 0 Å². The molecule has 0 radical (unpaired) electrons. The van der Waals surface area contributed by atoms with E-state index in [0.29, 0.717) is 0 Å². The summed E-state index contributed by atoms with van der Waals surface area (Å²) < 4.78 is 69.1. The molecule has 0 amide bonds. The maximum Gasteiger partial charge on any atom is 0.416 e. The van der Waals surface area contributed by atoms with Gasteiger partial charge in [0.05, 0.1) is 10.5 Å². The number of ether oxygens (including phenoxy) is 1. The fourth-order valence-electron chi connectivity index (χ4n) is 1.57. The molecule has 0 N–H and O–H groups in total. The molecule has 2 aromatic rings. The van der Waals surface area contributed by atoms with Gasteiger partial charge in [-0.25, -0.2) is 8.78 Å². The van der Waals surface area contributed by atoms with Gasteiger partial charge in [0, 0.05) is 12.1 Å². The first kappa shape index (κ1) is 15.7. The quantitative estimate of drug-likeness (QED) is 0.469. The first-order valence-electron chi connectivity index (χ1n) is 5.67. The number of nitrogens with zero attached hydrogens (tertiary/aromatic N) is 1. The maximum atomic E-state index is 13.6. The van der Waals surface area contributed by atoms with E-state index >= 15 is 0 Å². The van der Waals surface area contributed by atoms with E-state index < -0.39 is 34.0 Å². The molecule has 0 aliphatic rings. The molecule has 0 bridgehead atoms. The Bertz CT molecular complexity index is 690. The molecule has 0 heterocycles. The van der Waals surface area contributed by atoms with Gasteiger partial charge in [-0.05, 0) is 24.3 Å². The molecule has 2 aromatic carbocycles. The van der Waals surface area contributed by atoms with Crippen molar-refractivity contribution >= 4 is 5.69 Å². The predicted octanol–water partition coefficient (Wildman–Crippen LogP) is 4.68. The highest BCUT2D eigenvalue weighted by Gasteiger charge is 2.33. The van der Waals surface area contributed by atoms with Gasteiger partial charge in [0.25, 0.3) is 5.69 Å². The van der Waals surface area contributed by atoms with E-state index in [0.717, 1.165) is 24.3 Å². The third-order valence-electron chi connectivity index (χ3n) is 2.59. The minimum absolute atomic E-state index is 0.101. The van der Waals surface area contributed by atoms with Crippen LogP contribution in [0.4, 0.5) is 27.6 Å². The zero-order valence-electron chi connectivity index (χ0n) is 10.5. The first-order valence-corrected chi connectivity index (χ1v) is 5.67. The summed E-state index contributed by atoms with van der Waals surface area (Å²) in [6.45, 7) is 0. The van der Waals surface area contributed by atoms with Crippen LogP contribution >= 0.6 is 0 Å². The van der Waals surface area contributed by atoms with Gasteiger partial charge in [0.1, 0.15) is 5.75 Å². The van der Waals surface area contributed by atoms with Gasteiger partial charge in [-0.3, -0.25) is 10.1 Å². The van der Waals surface area contributed by atoms with Crippen molar-refractivity contribution in [2.75, 3.05) is 0 Å². The minimum atomic E-state index is -4.90. The van der Waals surface area contributed by atoms with Crippen molar-refractivity contribution in [2.24, 2.45) is 0 Å². The van der Waals surface area contributed by atoms with Crippen LogP contribution in [0.3, 0.4) is 0 Å². The standard InChI is InChI=1S/C13H6F5NO3/c14-10-5-7(13(16,17)18)6-11(15)12(10)22-9-3-1-8(2-4-9)19(20)21/h1-6H. The van der Waals surface area contributed by atoms with Gasteiger partial charge in [-0.15, -0.1) is 0 Å². The third kappa shape index (κ3) is 3.30. The third-order valence-corrected chi connectivity index (χ3v) is 2.59. The lowest BCUT2D eigenvalue weighted by atomic mass is 10.2. The molecular formula is C13H6F5NO3. The van der Waals surface area contributed by atoms with E-state index in [2.05, 4.69) is 0 Å². The molecule has 0 aliphatic heterocycles. The Morgan fingerprint density at radius 1 is 1.00 bits per heavy atom. The molecule has 0 saturated carbocycles. The highest BCUT2D eigenvalue weighted by molar-refractivity contribution is 5.40. The average Bonchev–Trinajstić information content (AvgIpc) is 2.42. The Labute approximate surface area is 119 Å². The van der Waals surface area contributed by atoms with Crippen LogP contribution < -0.4 is 4.74 Å². The van der Waals surface area contributed by atoms with Crippen LogP contribution in [0.5, 0.6) is 11.5 Å². The van der Waals surface area contributed by atoms with Crippen LogP contribution in [0.2, 0.25) is 0 Å². The summed E-state index contributed by atoms with van der Waals surface area (Å²) in [7, 11) is 0. The van der Waals surface area contributed by atoms with Crippen molar-refractivity contribution in [3.8, 4) is 11.5 Å². The van der Waals surface area contributed by atoms with Crippen molar-refractivity contribution in [3.05, 3.63) is 63.7 Å². The number of rotatable bonds is 3. The van der Waals surface area contributed by atoms with Gasteiger partial charge in [-0.1, -0.05) is 0 Å². The van der Waals surface area contributed by atoms with Crippen LogP contribution in [-0.4, -0.2) is 4.92 Å². The van der Waals surface area contributed by atoms with E-state index in [4.69, 9.17) is 4.74 Å². The lowest BCUT2D eigenvalue weighted by molar-refractivity contribution is -0.384. The summed E-state index contributed by atoms with van der Waals surface area (Å²) in [4.78, 5) is 9.76. The van der Waals surface area contributed by atoms with Gasteiger partial charge >= 0.3 is 6.18 Å². The second-order valence-corrected chi connectivity index (χ2v) is 4.12. The number of nitro benzene ring substituents is 1. The van der Waals surface area contributed by atoms with Crippen molar-refractivity contribution in [3.63, 3.8) is 0 Å². The fraction of sp³-hybridized carbons (Fsp3) is 0.0769. The normalized spacial score (nSPS) is 11.3. The molecule has 4 nitrogen and oxygen atoms in total. The van der Waals surface area contributed by atoms with Crippen LogP contribution in [0, 0.1) is 21.7 Å². The average molecular weight is 319 g/mol. The van der Waals surface area contributed by atoms with Crippen molar-refractivity contribution in [1.82, 2.24) is 0 Å². The van der Waals surface area contributed by atoms with Gasteiger partial charge < -0.3 is 4.74 Å². The summed E-state index contributed by atoms with van der Waals surface area (Å²) in [5.74, 6) is -4.26. The topological polar surface area (TPSA) is 52.4 Å². The Balaban J connectivity index is 2.32. The highest BCUT2D eigenvalue weighted by atomic mass is 19.4.